The van der Waals surface area contributed by atoms with Gasteiger partial charge in [-0.15, -0.1) is 0 Å². The number of carbonyl (C=O) groups is 1. The van der Waals surface area contributed by atoms with Crippen LogP contribution in [0.3, 0.4) is 0 Å². The molecule has 0 spiro atoms. The normalized spacial score (nSPS) is 25.4. The average Bonchev–Trinajstić information content (AvgIpc) is 2.65. The maximum absolute atomic E-state index is 12.5. The van der Waals surface area contributed by atoms with Crippen molar-refractivity contribution in [3.8, 4) is 0 Å². The standard InChI is InChI=1S/C15H30N2OS/c1-6-14-16-13(10-11(3)4)15(18)17(14)12(5)8-9-19-7-2/h11-14,16H,6-10H2,1-5H3. The number of rotatable bonds is 8. The van der Waals surface area contributed by atoms with E-state index in [0.29, 0.717) is 17.9 Å². The Kier molecular flexibility index (Phi) is 7.22. The molecule has 0 bridgehead atoms. The van der Waals surface area contributed by atoms with Crippen LogP contribution >= 0.6 is 11.8 Å². The zero-order valence-corrected chi connectivity index (χ0v) is 13.9. The van der Waals surface area contributed by atoms with Crippen LogP contribution in [0.4, 0.5) is 0 Å². The number of carbonyl (C=O) groups excluding carboxylic acids is 1. The zero-order valence-electron chi connectivity index (χ0n) is 13.1. The Bertz CT molecular complexity index is 283. The molecule has 1 aliphatic rings. The molecule has 3 nitrogen and oxygen atoms in total. The van der Waals surface area contributed by atoms with Crippen LogP contribution in [-0.2, 0) is 4.79 Å². The van der Waals surface area contributed by atoms with E-state index >= 15 is 0 Å². The highest BCUT2D eigenvalue weighted by atomic mass is 32.2. The highest BCUT2D eigenvalue weighted by Gasteiger charge is 2.39. The molecular weight excluding hydrogens is 256 g/mol. The Balaban J connectivity index is 2.61. The van der Waals surface area contributed by atoms with E-state index in [9.17, 15) is 4.79 Å². The first-order valence-corrected chi connectivity index (χ1v) is 8.82. The second-order valence-corrected chi connectivity index (χ2v) is 7.25. The molecule has 1 amide bonds. The summed E-state index contributed by atoms with van der Waals surface area (Å²) in [5, 5.41) is 3.51. The molecule has 3 atom stereocenters. The summed E-state index contributed by atoms with van der Waals surface area (Å²) in [7, 11) is 0. The van der Waals surface area contributed by atoms with Crippen LogP contribution in [0.2, 0.25) is 0 Å². The molecule has 1 rings (SSSR count). The van der Waals surface area contributed by atoms with Gasteiger partial charge in [-0.3, -0.25) is 10.1 Å². The number of nitrogens with one attached hydrogen (secondary N) is 1. The first-order chi connectivity index (χ1) is 9.01. The summed E-state index contributed by atoms with van der Waals surface area (Å²) in [4.78, 5) is 14.6. The Hall–Kier alpha value is -0.220. The summed E-state index contributed by atoms with van der Waals surface area (Å²) >= 11 is 1.96. The number of nitrogens with zero attached hydrogens (tertiary/aromatic N) is 1. The first kappa shape index (κ1) is 16.8. The lowest BCUT2D eigenvalue weighted by atomic mass is 10.0. The summed E-state index contributed by atoms with van der Waals surface area (Å²) in [6.45, 7) is 10.9. The fourth-order valence-electron chi connectivity index (χ4n) is 2.73. The van der Waals surface area contributed by atoms with Crippen molar-refractivity contribution in [2.75, 3.05) is 11.5 Å². The predicted molar refractivity (Wildman–Crippen MR) is 84.4 cm³/mol. The van der Waals surface area contributed by atoms with Crippen LogP contribution in [0.5, 0.6) is 0 Å². The van der Waals surface area contributed by atoms with E-state index in [2.05, 4.69) is 44.8 Å². The Morgan fingerprint density at radius 3 is 2.53 bits per heavy atom. The topological polar surface area (TPSA) is 32.3 Å². The lowest BCUT2D eigenvalue weighted by Crippen LogP contribution is -2.43. The molecule has 0 aromatic carbocycles. The van der Waals surface area contributed by atoms with Gasteiger partial charge in [0.2, 0.25) is 5.91 Å². The zero-order chi connectivity index (χ0) is 14.4. The number of hydrogen-bond donors (Lipinski definition) is 1. The van der Waals surface area contributed by atoms with Crippen molar-refractivity contribution in [1.82, 2.24) is 10.2 Å². The van der Waals surface area contributed by atoms with E-state index < -0.39 is 0 Å². The van der Waals surface area contributed by atoms with E-state index in [4.69, 9.17) is 0 Å². The van der Waals surface area contributed by atoms with Crippen molar-refractivity contribution < 1.29 is 4.79 Å². The number of hydrogen-bond acceptors (Lipinski definition) is 3. The molecule has 1 aliphatic heterocycles. The molecule has 3 unspecified atom stereocenters. The van der Waals surface area contributed by atoms with Gasteiger partial charge >= 0.3 is 0 Å². The van der Waals surface area contributed by atoms with Crippen LogP contribution in [0, 0.1) is 5.92 Å². The molecule has 0 aromatic heterocycles. The molecule has 0 saturated carbocycles. The number of thioether (sulfide) groups is 1. The van der Waals surface area contributed by atoms with Gasteiger partial charge in [0.05, 0.1) is 12.2 Å². The van der Waals surface area contributed by atoms with E-state index in [1.807, 2.05) is 11.8 Å². The van der Waals surface area contributed by atoms with Crippen molar-refractivity contribution in [3.05, 3.63) is 0 Å². The fourth-order valence-corrected chi connectivity index (χ4v) is 3.53. The van der Waals surface area contributed by atoms with Gasteiger partial charge in [0, 0.05) is 6.04 Å². The van der Waals surface area contributed by atoms with Gasteiger partial charge in [-0.2, -0.15) is 11.8 Å². The highest BCUT2D eigenvalue weighted by molar-refractivity contribution is 7.99. The quantitative estimate of drug-likeness (QED) is 0.696. The fraction of sp³-hybridized carbons (Fsp3) is 0.933. The third-order valence-electron chi connectivity index (χ3n) is 3.73. The second-order valence-electron chi connectivity index (χ2n) is 5.85. The average molecular weight is 286 g/mol. The molecule has 4 heteroatoms. The van der Waals surface area contributed by atoms with Crippen LogP contribution in [0.25, 0.3) is 0 Å². The lowest BCUT2D eigenvalue weighted by molar-refractivity contribution is -0.132. The van der Waals surface area contributed by atoms with Gasteiger partial charge in [0.15, 0.2) is 0 Å². The second kappa shape index (κ2) is 8.15. The maximum atomic E-state index is 12.5. The van der Waals surface area contributed by atoms with Crippen LogP contribution in [0.15, 0.2) is 0 Å². The SMILES string of the molecule is CCSCCC(C)N1C(=O)C(CC(C)C)NC1CC. The molecule has 0 aliphatic carbocycles. The Morgan fingerprint density at radius 1 is 1.32 bits per heavy atom. The van der Waals surface area contributed by atoms with E-state index in [-0.39, 0.29) is 12.2 Å². The number of amides is 1. The summed E-state index contributed by atoms with van der Waals surface area (Å²) < 4.78 is 0. The molecule has 112 valence electrons. The smallest absolute Gasteiger partial charge is 0.241 e. The molecule has 1 saturated heterocycles. The molecule has 1 N–H and O–H groups in total. The van der Waals surface area contributed by atoms with E-state index in [1.165, 1.54) is 0 Å². The van der Waals surface area contributed by atoms with Crippen molar-refractivity contribution in [1.29, 1.82) is 0 Å². The van der Waals surface area contributed by atoms with Crippen LogP contribution in [-0.4, -0.2) is 40.6 Å². The minimum Gasteiger partial charge on any atom is -0.323 e. The largest absolute Gasteiger partial charge is 0.323 e. The van der Waals surface area contributed by atoms with Crippen molar-refractivity contribution in [3.63, 3.8) is 0 Å². The molecule has 1 heterocycles. The maximum Gasteiger partial charge on any atom is 0.241 e. The summed E-state index contributed by atoms with van der Waals surface area (Å²) in [5.41, 5.74) is 0. The molecule has 19 heavy (non-hydrogen) atoms. The predicted octanol–water partition coefficient (Wildman–Crippen LogP) is 3.10. The molecule has 1 fully saturated rings. The molecule has 0 radical (unpaired) electrons. The van der Waals surface area contributed by atoms with Gasteiger partial charge in [0.25, 0.3) is 0 Å². The van der Waals surface area contributed by atoms with E-state index in [1.54, 1.807) is 0 Å². The van der Waals surface area contributed by atoms with Gasteiger partial charge < -0.3 is 4.90 Å². The Labute approximate surface area is 122 Å². The summed E-state index contributed by atoms with van der Waals surface area (Å²) in [6, 6.07) is 0.382. The molecule has 0 aromatic rings. The van der Waals surface area contributed by atoms with Gasteiger partial charge in [-0.05, 0) is 43.6 Å². The third-order valence-corrected chi connectivity index (χ3v) is 4.67. The van der Waals surface area contributed by atoms with E-state index in [0.717, 1.165) is 30.8 Å². The van der Waals surface area contributed by atoms with Crippen molar-refractivity contribution in [2.24, 2.45) is 5.92 Å². The van der Waals surface area contributed by atoms with Crippen molar-refractivity contribution >= 4 is 17.7 Å². The minimum absolute atomic E-state index is 0.0335. The summed E-state index contributed by atoms with van der Waals surface area (Å²) in [5.74, 6) is 3.18. The van der Waals surface area contributed by atoms with Gasteiger partial charge in [-0.1, -0.05) is 27.7 Å². The summed E-state index contributed by atoms with van der Waals surface area (Å²) in [6.07, 6.45) is 3.27. The first-order valence-electron chi connectivity index (χ1n) is 7.67. The monoisotopic (exact) mass is 286 g/mol. The van der Waals surface area contributed by atoms with Crippen LogP contribution < -0.4 is 5.32 Å². The molecular formula is C15H30N2OS. The van der Waals surface area contributed by atoms with Gasteiger partial charge in [-0.25, -0.2) is 0 Å². The van der Waals surface area contributed by atoms with Crippen LogP contribution in [0.1, 0.15) is 53.9 Å². The minimum atomic E-state index is 0.0335. The third kappa shape index (κ3) is 4.67. The lowest BCUT2D eigenvalue weighted by Gasteiger charge is -2.29. The Morgan fingerprint density at radius 2 is 2.00 bits per heavy atom. The van der Waals surface area contributed by atoms with Crippen molar-refractivity contribution in [2.45, 2.75) is 72.1 Å². The highest BCUT2D eigenvalue weighted by Crippen LogP contribution is 2.23. The van der Waals surface area contributed by atoms with Gasteiger partial charge in [0.1, 0.15) is 0 Å².